The Hall–Kier alpha value is -2.37. The van der Waals surface area contributed by atoms with E-state index < -0.39 is 0 Å². The molecule has 1 amide bonds. The van der Waals surface area contributed by atoms with E-state index in [2.05, 4.69) is 9.97 Å². The third-order valence-corrected chi connectivity index (χ3v) is 4.17. The van der Waals surface area contributed by atoms with Gasteiger partial charge in [0.25, 0.3) is 5.91 Å². The minimum absolute atomic E-state index is 0.00713. The van der Waals surface area contributed by atoms with Crippen LogP contribution in [0.3, 0.4) is 0 Å². The number of likely N-dealkylation sites (tertiary alicyclic amines) is 1. The third kappa shape index (κ3) is 3.58. The molecule has 0 spiro atoms. The zero-order valence-corrected chi connectivity index (χ0v) is 14.6. The molecule has 6 heteroatoms. The fourth-order valence-electron chi connectivity index (χ4n) is 3.15. The lowest BCUT2D eigenvalue weighted by atomic mass is 10.1. The first-order valence-corrected chi connectivity index (χ1v) is 8.27. The van der Waals surface area contributed by atoms with E-state index in [4.69, 9.17) is 9.15 Å². The molecule has 0 N–H and O–H groups in total. The van der Waals surface area contributed by atoms with Crippen LogP contribution >= 0.6 is 0 Å². The first-order valence-electron chi connectivity index (χ1n) is 8.27. The van der Waals surface area contributed by atoms with Crippen LogP contribution in [0, 0.1) is 27.7 Å². The number of piperidine rings is 1. The van der Waals surface area contributed by atoms with Crippen LogP contribution in [0.4, 0.5) is 0 Å². The van der Waals surface area contributed by atoms with Crippen LogP contribution in [-0.2, 0) is 0 Å². The lowest BCUT2D eigenvalue weighted by Crippen LogP contribution is -2.44. The Morgan fingerprint density at radius 3 is 2.71 bits per heavy atom. The normalized spacial score (nSPS) is 17.8. The molecule has 6 nitrogen and oxygen atoms in total. The van der Waals surface area contributed by atoms with Crippen molar-refractivity contribution in [3.05, 3.63) is 40.7 Å². The molecule has 1 aliphatic heterocycles. The number of rotatable bonds is 3. The molecule has 2 aromatic heterocycles. The van der Waals surface area contributed by atoms with Gasteiger partial charge in [0.15, 0.2) is 0 Å². The van der Waals surface area contributed by atoms with Gasteiger partial charge in [-0.05, 0) is 46.6 Å². The minimum atomic E-state index is -0.0512. The highest BCUT2D eigenvalue weighted by molar-refractivity contribution is 5.95. The van der Waals surface area contributed by atoms with E-state index in [1.54, 1.807) is 6.07 Å². The zero-order valence-electron chi connectivity index (χ0n) is 14.6. The quantitative estimate of drug-likeness (QED) is 0.866. The molecule has 1 aliphatic rings. The van der Waals surface area contributed by atoms with Gasteiger partial charge in [0.2, 0.25) is 5.88 Å². The number of hydrogen-bond acceptors (Lipinski definition) is 5. The molecular formula is C18H23N3O3. The topological polar surface area (TPSA) is 68.5 Å². The van der Waals surface area contributed by atoms with Gasteiger partial charge in [0.1, 0.15) is 23.4 Å². The highest BCUT2D eigenvalue weighted by atomic mass is 16.5. The van der Waals surface area contributed by atoms with Crippen molar-refractivity contribution in [2.24, 2.45) is 0 Å². The van der Waals surface area contributed by atoms with Crippen LogP contribution < -0.4 is 4.74 Å². The third-order valence-electron chi connectivity index (χ3n) is 4.17. The number of ether oxygens (including phenoxy) is 1. The Morgan fingerprint density at radius 2 is 2.04 bits per heavy atom. The summed E-state index contributed by atoms with van der Waals surface area (Å²) in [6.07, 6.45) is 1.77. The number of amides is 1. The van der Waals surface area contributed by atoms with Crippen molar-refractivity contribution in [2.45, 2.75) is 46.6 Å². The van der Waals surface area contributed by atoms with Crippen LogP contribution in [-0.4, -0.2) is 40.0 Å². The van der Waals surface area contributed by atoms with Gasteiger partial charge in [-0.2, -0.15) is 4.98 Å². The van der Waals surface area contributed by atoms with E-state index >= 15 is 0 Å². The van der Waals surface area contributed by atoms with Crippen molar-refractivity contribution in [3.63, 3.8) is 0 Å². The fraction of sp³-hybridized carbons (Fsp3) is 0.500. The summed E-state index contributed by atoms with van der Waals surface area (Å²) >= 11 is 0. The van der Waals surface area contributed by atoms with Crippen LogP contribution in [0.15, 0.2) is 16.5 Å². The summed E-state index contributed by atoms with van der Waals surface area (Å²) in [6, 6.07) is 3.64. The molecule has 0 aromatic carbocycles. The van der Waals surface area contributed by atoms with E-state index in [0.29, 0.717) is 29.6 Å². The Balaban J connectivity index is 1.70. The molecule has 0 bridgehead atoms. The second-order valence-corrected chi connectivity index (χ2v) is 6.35. The summed E-state index contributed by atoms with van der Waals surface area (Å²) in [5.41, 5.74) is 1.52. The number of aryl methyl sites for hydroxylation is 4. The summed E-state index contributed by atoms with van der Waals surface area (Å²) in [5, 5.41) is 0. The van der Waals surface area contributed by atoms with Gasteiger partial charge in [-0.1, -0.05) is 0 Å². The van der Waals surface area contributed by atoms with Crippen molar-refractivity contribution in [1.29, 1.82) is 0 Å². The largest absolute Gasteiger partial charge is 0.472 e. The van der Waals surface area contributed by atoms with Gasteiger partial charge >= 0.3 is 0 Å². The molecule has 1 unspecified atom stereocenters. The number of nitrogens with zero attached hydrogens (tertiary/aromatic N) is 3. The molecule has 1 fully saturated rings. The average Bonchev–Trinajstić information content (AvgIpc) is 2.84. The highest BCUT2D eigenvalue weighted by Crippen LogP contribution is 2.21. The first kappa shape index (κ1) is 16.5. The molecule has 1 saturated heterocycles. The monoisotopic (exact) mass is 329 g/mol. The molecule has 1 atom stereocenters. The van der Waals surface area contributed by atoms with Gasteiger partial charge in [0.05, 0.1) is 12.1 Å². The maximum Gasteiger partial charge on any atom is 0.257 e. The van der Waals surface area contributed by atoms with Gasteiger partial charge in [0, 0.05) is 18.3 Å². The van der Waals surface area contributed by atoms with E-state index in [1.807, 2.05) is 38.7 Å². The molecule has 24 heavy (non-hydrogen) atoms. The van der Waals surface area contributed by atoms with Crippen molar-refractivity contribution in [1.82, 2.24) is 14.9 Å². The summed E-state index contributed by atoms with van der Waals surface area (Å²) in [5.74, 6) is 2.70. The van der Waals surface area contributed by atoms with E-state index in [1.165, 1.54) is 0 Å². The molecule has 0 radical (unpaired) electrons. The van der Waals surface area contributed by atoms with Crippen molar-refractivity contribution < 1.29 is 13.9 Å². The predicted octanol–water partition coefficient (Wildman–Crippen LogP) is 2.99. The van der Waals surface area contributed by atoms with Gasteiger partial charge < -0.3 is 14.1 Å². The second-order valence-electron chi connectivity index (χ2n) is 6.35. The number of carbonyl (C=O) groups excluding carboxylic acids is 1. The molecule has 3 heterocycles. The second kappa shape index (κ2) is 6.63. The van der Waals surface area contributed by atoms with E-state index in [9.17, 15) is 4.79 Å². The molecule has 0 aliphatic carbocycles. The lowest BCUT2D eigenvalue weighted by Gasteiger charge is -2.32. The summed E-state index contributed by atoms with van der Waals surface area (Å²) in [7, 11) is 0. The average molecular weight is 329 g/mol. The van der Waals surface area contributed by atoms with Crippen LogP contribution in [0.5, 0.6) is 5.88 Å². The van der Waals surface area contributed by atoms with Gasteiger partial charge in [-0.15, -0.1) is 0 Å². The van der Waals surface area contributed by atoms with E-state index in [0.717, 1.165) is 30.8 Å². The highest BCUT2D eigenvalue weighted by Gasteiger charge is 2.28. The summed E-state index contributed by atoms with van der Waals surface area (Å²) in [6.45, 7) is 8.74. The molecule has 128 valence electrons. The fourth-order valence-corrected chi connectivity index (χ4v) is 3.15. The number of carbonyl (C=O) groups is 1. The Labute approximate surface area is 141 Å². The smallest absolute Gasteiger partial charge is 0.257 e. The maximum atomic E-state index is 12.7. The van der Waals surface area contributed by atoms with Gasteiger partial charge in [-0.3, -0.25) is 4.79 Å². The van der Waals surface area contributed by atoms with Gasteiger partial charge in [-0.25, -0.2) is 4.98 Å². The number of aromatic nitrogens is 2. The predicted molar refractivity (Wildman–Crippen MR) is 89.2 cm³/mol. The lowest BCUT2D eigenvalue weighted by molar-refractivity contribution is 0.0525. The Kier molecular flexibility index (Phi) is 4.55. The zero-order chi connectivity index (χ0) is 17.3. The van der Waals surface area contributed by atoms with Crippen molar-refractivity contribution >= 4 is 5.91 Å². The molecule has 0 saturated carbocycles. The molecule has 3 rings (SSSR count). The maximum absolute atomic E-state index is 12.7. The SMILES string of the molecule is Cc1cc(OC2CCCN(C(=O)c3cc(C)oc3C)C2)nc(C)n1. The van der Waals surface area contributed by atoms with Crippen LogP contribution in [0.1, 0.15) is 46.2 Å². The van der Waals surface area contributed by atoms with Crippen molar-refractivity contribution in [3.8, 4) is 5.88 Å². The Bertz CT molecular complexity index is 734. The van der Waals surface area contributed by atoms with Crippen LogP contribution in [0.25, 0.3) is 0 Å². The summed E-state index contributed by atoms with van der Waals surface area (Å²) < 4.78 is 11.5. The standard InChI is InChI=1S/C18H23N3O3/c1-11-8-17(20-14(4)19-11)24-15-6-5-7-21(10-15)18(22)16-9-12(2)23-13(16)3/h8-9,15H,5-7,10H2,1-4H3. The van der Waals surface area contributed by atoms with Crippen molar-refractivity contribution in [2.75, 3.05) is 13.1 Å². The Morgan fingerprint density at radius 1 is 1.25 bits per heavy atom. The van der Waals surface area contributed by atoms with Crippen LogP contribution in [0.2, 0.25) is 0 Å². The summed E-state index contributed by atoms with van der Waals surface area (Å²) in [4.78, 5) is 23.1. The molecule has 2 aromatic rings. The number of furan rings is 1. The number of hydrogen-bond donors (Lipinski definition) is 0. The van der Waals surface area contributed by atoms with E-state index in [-0.39, 0.29) is 12.0 Å². The minimum Gasteiger partial charge on any atom is -0.472 e. The molecular weight excluding hydrogens is 306 g/mol. The first-order chi connectivity index (χ1) is 11.4.